The van der Waals surface area contributed by atoms with Crippen LogP contribution in [0.15, 0.2) is 12.2 Å². The lowest BCUT2D eigenvalue weighted by atomic mass is 9.71. The normalized spacial score (nSPS) is 35.2. The highest BCUT2D eigenvalue weighted by molar-refractivity contribution is 5.83. The van der Waals surface area contributed by atoms with E-state index in [4.69, 9.17) is 0 Å². The average molecular weight is 165 g/mol. The summed E-state index contributed by atoms with van der Waals surface area (Å²) in [6.07, 6.45) is 9.67. The number of hydrogen-bond acceptors (Lipinski definition) is 1. The topological polar surface area (TPSA) is 29.1 Å². The minimum atomic E-state index is -0.0208. The molecule has 2 heteroatoms. The Morgan fingerprint density at radius 2 is 2.25 bits per heavy atom. The Balaban J connectivity index is 2.16. The van der Waals surface area contributed by atoms with Gasteiger partial charge in [-0.3, -0.25) is 4.79 Å². The van der Waals surface area contributed by atoms with E-state index < -0.39 is 0 Å². The molecule has 0 radical (unpaired) electrons. The summed E-state index contributed by atoms with van der Waals surface area (Å²) in [5.74, 6) is 0.290. The van der Waals surface area contributed by atoms with E-state index in [1.165, 1.54) is 0 Å². The van der Waals surface area contributed by atoms with Crippen molar-refractivity contribution in [1.29, 1.82) is 0 Å². The molecule has 2 aliphatic rings. The van der Waals surface area contributed by atoms with Gasteiger partial charge in [-0.15, -0.1) is 0 Å². The van der Waals surface area contributed by atoms with E-state index in [-0.39, 0.29) is 11.3 Å². The SMILES string of the molecule is O=C1NCCCC12CC=CCC2. The summed E-state index contributed by atoms with van der Waals surface area (Å²) in [7, 11) is 0. The second-order valence-corrected chi connectivity index (χ2v) is 3.85. The van der Waals surface area contributed by atoms with Gasteiger partial charge in [0, 0.05) is 6.54 Å². The molecule has 1 aliphatic carbocycles. The molecule has 1 saturated heterocycles. The first-order valence-corrected chi connectivity index (χ1v) is 4.77. The third-order valence-electron chi connectivity index (χ3n) is 3.06. The van der Waals surface area contributed by atoms with Crippen molar-refractivity contribution in [3.63, 3.8) is 0 Å². The number of rotatable bonds is 0. The van der Waals surface area contributed by atoms with Crippen molar-refractivity contribution >= 4 is 5.91 Å². The summed E-state index contributed by atoms with van der Waals surface area (Å²) in [6, 6.07) is 0. The summed E-state index contributed by atoms with van der Waals surface area (Å²) in [6.45, 7) is 0.879. The van der Waals surface area contributed by atoms with E-state index in [0.717, 1.165) is 38.6 Å². The molecule has 1 fully saturated rings. The van der Waals surface area contributed by atoms with Crippen LogP contribution in [0.2, 0.25) is 0 Å². The molecule has 0 aromatic carbocycles. The maximum atomic E-state index is 11.6. The molecular weight excluding hydrogens is 150 g/mol. The number of piperidine rings is 1. The number of nitrogens with one attached hydrogen (secondary N) is 1. The summed E-state index contributed by atoms with van der Waals surface area (Å²) in [5.41, 5.74) is -0.0208. The summed E-state index contributed by atoms with van der Waals surface area (Å²) >= 11 is 0. The Morgan fingerprint density at radius 1 is 1.33 bits per heavy atom. The molecule has 1 amide bonds. The average Bonchev–Trinajstić information content (AvgIpc) is 2.12. The van der Waals surface area contributed by atoms with Crippen LogP contribution in [-0.4, -0.2) is 12.5 Å². The van der Waals surface area contributed by atoms with E-state index >= 15 is 0 Å². The van der Waals surface area contributed by atoms with E-state index in [1.54, 1.807) is 0 Å². The third kappa shape index (κ3) is 1.15. The molecule has 66 valence electrons. The van der Waals surface area contributed by atoms with Gasteiger partial charge in [-0.1, -0.05) is 12.2 Å². The molecule has 1 heterocycles. The van der Waals surface area contributed by atoms with Crippen LogP contribution in [0, 0.1) is 5.41 Å². The smallest absolute Gasteiger partial charge is 0.226 e. The number of hydrogen-bond donors (Lipinski definition) is 1. The Hall–Kier alpha value is -0.790. The second kappa shape index (κ2) is 2.92. The molecule has 1 spiro atoms. The fraction of sp³-hybridized carbons (Fsp3) is 0.700. The van der Waals surface area contributed by atoms with Crippen LogP contribution in [-0.2, 0) is 4.79 Å². The molecule has 1 N–H and O–H groups in total. The summed E-state index contributed by atoms with van der Waals surface area (Å²) in [4.78, 5) is 11.6. The van der Waals surface area contributed by atoms with Crippen LogP contribution < -0.4 is 5.32 Å². The van der Waals surface area contributed by atoms with Gasteiger partial charge >= 0.3 is 0 Å². The predicted molar refractivity (Wildman–Crippen MR) is 47.7 cm³/mol. The monoisotopic (exact) mass is 165 g/mol. The van der Waals surface area contributed by atoms with Crippen molar-refractivity contribution in [3.8, 4) is 0 Å². The molecule has 0 aromatic rings. The maximum Gasteiger partial charge on any atom is 0.226 e. The van der Waals surface area contributed by atoms with Gasteiger partial charge in [0.05, 0.1) is 5.41 Å². The molecule has 0 saturated carbocycles. The van der Waals surface area contributed by atoms with Crippen molar-refractivity contribution in [3.05, 3.63) is 12.2 Å². The van der Waals surface area contributed by atoms with E-state index in [0.29, 0.717) is 0 Å². The largest absolute Gasteiger partial charge is 0.356 e. The lowest BCUT2D eigenvalue weighted by molar-refractivity contribution is -0.134. The molecule has 1 aliphatic heterocycles. The number of carbonyl (C=O) groups excluding carboxylic acids is 1. The molecular formula is C10H15NO. The molecule has 0 aromatic heterocycles. The lowest BCUT2D eigenvalue weighted by Crippen LogP contribution is -2.46. The molecule has 1 unspecified atom stereocenters. The molecule has 12 heavy (non-hydrogen) atoms. The second-order valence-electron chi connectivity index (χ2n) is 3.85. The fourth-order valence-electron chi connectivity index (χ4n) is 2.25. The zero-order valence-electron chi connectivity index (χ0n) is 7.31. The number of allylic oxidation sites excluding steroid dienone is 2. The first kappa shape index (κ1) is 7.84. The quantitative estimate of drug-likeness (QED) is 0.543. The van der Waals surface area contributed by atoms with Gasteiger partial charge in [0.1, 0.15) is 0 Å². The number of amides is 1. The molecule has 2 nitrogen and oxygen atoms in total. The Kier molecular flexibility index (Phi) is 1.91. The number of carbonyl (C=O) groups is 1. The highest BCUT2D eigenvalue weighted by Gasteiger charge is 2.39. The van der Waals surface area contributed by atoms with Gasteiger partial charge < -0.3 is 5.32 Å². The highest BCUT2D eigenvalue weighted by Crippen LogP contribution is 2.38. The van der Waals surface area contributed by atoms with Crippen LogP contribution in [0.25, 0.3) is 0 Å². The maximum absolute atomic E-state index is 11.6. The van der Waals surface area contributed by atoms with E-state index in [1.807, 2.05) is 0 Å². The lowest BCUT2D eigenvalue weighted by Gasteiger charge is -2.36. The van der Waals surface area contributed by atoms with Crippen molar-refractivity contribution < 1.29 is 4.79 Å². The first-order valence-electron chi connectivity index (χ1n) is 4.77. The fourth-order valence-corrected chi connectivity index (χ4v) is 2.25. The Bertz CT molecular complexity index is 222. The predicted octanol–water partition coefficient (Wildman–Crippen LogP) is 1.62. The summed E-state index contributed by atoms with van der Waals surface area (Å²) < 4.78 is 0. The standard InChI is InChI=1S/C10H15NO/c12-9-10(7-4-8-11-9)5-2-1-3-6-10/h1-2H,3-8H2,(H,11,12). The molecule has 2 rings (SSSR count). The highest BCUT2D eigenvalue weighted by atomic mass is 16.2. The van der Waals surface area contributed by atoms with Crippen LogP contribution >= 0.6 is 0 Å². The third-order valence-corrected chi connectivity index (χ3v) is 3.06. The van der Waals surface area contributed by atoms with Gasteiger partial charge in [0.25, 0.3) is 0 Å². The van der Waals surface area contributed by atoms with Crippen molar-refractivity contribution in [2.45, 2.75) is 32.1 Å². The van der Waals surface area contributed by atoms with Crippen molar-refractivity contribution in [2.75, 3.05) is 6.54 Å². The first-order chi connectivity index (χ1) is 5.83. The van der Waals surface area contributed by atoms with Gasteiger partial charge in [-0.25, -0.2) is 0 Å². The van der Waals surface area contributed by atoms with Crippen LogP contribution in [0.3, 0.4) is 0 Å². The van der Waals surface area contributed by atoms with Gasteiger partial charge in [-0.05, 0) is 32.1 Å². The zero-order chi connectivity index (χ0) is 8.44. The van der Waals surface area contributed by atoms with Crippen molar-refractivity contribution in [2.24, 2.45) is 5.41 Å². The molecule has 1 atom stereocenters. The van der Waals surface area contributed by atoms with Crippen LogP contribution in [0.4, 0.5) is 0 Å². The Morgan fingerprint density at radius 3 is 2.92 bits per heavy atom. The van der Waals surface area contributed by atoms with Crippen LogP contribution in [0.1, 0.15) is 32.1 Å². The van der Waals surface area contributed by atoms with Gasteiger partial charge in [0.2, 0.25) is 5.91 Å². The van der Waals surface area contributed by atoms with Crippen molar-refractivity contribution in [1.82, 2.24) is 5.32 Å². The minimum absolute atomic E-state index is 0.0208. The molecule has 0 bridgehead atoms. The van der Waals surface area contributed by atoms with E-state index in [9.17, 15) is 4.79 Å². The van der Waals surface area contributed by atoms with Gasteiger partial charge in [-0.2, -0.15) is 0 Å². The minimum Gasteiger partial charge on any atom is -0.356 e. The zero-order valence-corrected chi connectivity index (χ0v) is 7.31. The van der Waals surface area contributed by atoms with Crippen LogP contribution in [0.5, 0.6) is 0 Å². The Labute approximate surface area is 73.0 Å². The summed E-state index contributed by atoms with van der Waals surface area (Å²) in [5, 5.41) is 2.97. The van der Waals surface area contributed by atoms with E-state index in [2.05, 4.69) is 17.5 Å². The van der Waals surface area contributed by atoms with Gasteiger partial charge in [0.15, 0.2) is 0 Å².